The quantitative estimate of drug-likeness (QED) is 0.514. The van der Waals surface area contributed by atoms with Crippen LogP contribution in [0.2, 0.25) is 0 Å². The Balaban J connectivity index is 1.28. The second-order valence-electron chi connectivity index (χ2n) is 7.83. The Labute approximate surface area is 195 Å². The molecule has 0 unspecified atom stereocenters. The molecule has 0 bridgehead atoms. The average Bonchev–Trinajstić information content (AvgIpc) is 3.37. The highest BCUT2D eigenvalue weighted by Crippen LogP contribution is 2.27. The lowest BCUT2D eigenvalue weighted by atomic mass is 10.1. The van der Waals surface area contributed by atoms with Crippen LogP contribution in [-0.2, 0) is 11.5 Å². The summed E-state index contributed by atoms with van der Waals surface area (Å²) in [6.45, 7) is 0.361. The van der Waals surface area contributed by atoms with E-state index in [-0.39, 0.29) is 29.8 Å². The average molecular weight is 465 g/mol. The normalized spacial score (nSPS) is 13.6. The lowest BCUT2D eigenvalue weighted by molar-refractivity contribution is -0.131. The number of halogens is 1. The molecule has 1 aliphatic heterocycles. The van der Waals surface area contributed by atoms with Crippen molar-refractivity contribution in [1.29, 1.82) is 0 Å². The number of benzene rings is 2. The van der Waals surface area contributed by atoms with Crippen molar-refractivity contribution < 1.29 is 23.9 Å². The maximum Gasteiger partial charge on any atom is 0.269 e. The van der Waals surface area contributed by atoms with Gasteiger partial charge in [-0.1, -0.05) is 30.3 Å². The van der Waals surface area contributed by atoms with Crippen LogP contribution < -0.4 is 5.32 Å². The summed E-state index contributed by atoms with van der Waals surface area (Å²) in [7, 11) is 0. The molecule has 0 saturated carbocycles. The SMILES string of the molecule is O=C(NCC(=O)N1CCN(C(=O)c2ccccc2CF)CC1)c1cc(-c2ccccc2O)n[nH]1. The Bertz CT molecular complexity index is 1200. The third-order valence-electron chi connectivity index (χ3n) is 5.71. The number of aromatic hydroxyl groups is 1. The first-order valence-electron chi connectivity index (χ1n) is 10.8. The molecule has 10 heteroatoms. The standard InChI is InChI=1S/C24H24FN5O4/c25-14-16-5-1-2-6-17(16)24(34)30-11-9-29(10-12-30)22(32)15-26-23(33)20-13-19(27-28-20)18-7-3-4-8-21(18)31/h1-8,13,31H,9-12,14-15H2,(H,26,33)(H,27,28). The summed E-state index contributed by atoms with van der Waals surface area (Å²) < 4.78 is 13.2. The molecular weight excluding hydrogens is 441 g/mol. The molecule has 176 valence electrons. The molecule has 34 heavy (non-hydrogen) atoms. The van der Waals surface area contributed by atoms with E-state index in [1.165, 1.54) is 12.1 Å². The largest absolute Gasteiger partial charge is 0.507 e. The van der Waals surface area contributed by atoms with Crippen LogP contribution in [0.25, 0.3) is 11.3 Å². The number of phenolic OH excluding ortho intramolecular Hbond substituents is 1. The fraction of sp³-hybridized carbons (Fsp3) is 0.250. The lowest BCUT2D eigenvalue weighted by Crippen LogP contribution is -2.52. The van der Waals surface area contributed by atoms with Crippen molar-refractivity contribution >= 4 is 17.7 Å². The Morgan fingerprint density at radius 3 is 2.41 bits per heavy atom. The fourth-order valence-electron chi connectivity index (χ4n) is 3.80. The number of nitrogens with one attached hydrogen (secondary N) is 2. The van der Waals surface area contributed by atoms with E-state index in [2.05, 4.69) is 15.5 Å². The van der Waals surface area contributed by atoms with Crippen molar-refractivity contribution in [3.05, 3.63) is 71.4 Å². The number of aromatic amines is 1. The van der Waals surface area contributed by atoms with Gasteiger partial charge < -0.3 is 20.2 Å². The molecule has 3 amide bonds. The number of piperazine rings is 1. The molecule has 0 atom stereocenters. The maximum absolute atomic E-state index is 13.2. The number of H-pyrrole nitrogens is 1. The first-order valence-corrected chi connectivity index (χ1v) is 10.8. The number of alkyl halides is 1. The topological polar surface area (TPSA) is 119 Å². The summed E-state index contributed by atoms with van der Waals surface area (Å²) in [5, 5.41) is 19.1. The molecular formula is C24H24FN5O4. The van der Waals surface area contributed by atoms with Crippen LogP contribution in [0.1, 0.15) is 26.4 Å². The summed E-state index contributed by atoms with van der Waals surface area (Å²) in [5.74, 6) is -0.987. The van der Waals surface area contributed by atoms with Crippen LogP contribution in [0.3, 0.4) is 0 Å². The highest BCUT2D eigenvalue weighted by molar-refractivity contribution is 5.97. The first-order chi connectivity index (χ1) is 16.5. The van der Waals surface area contributed by atoms with E-state index in [0.717, 1.165) is 0 Å². The van der Waals surface area contributed by atoms with Gasteiger partial charge >= 0.3 is 0 Å². The molecule has 2 aromatic carbocycles. The maximum atomic E-state index is 13.2. The van der Waals surface area contributed by atoms with Gasteiger partial charge in [-0.3, -0.25) is 19.5 Å². The van der Waals surface area contributed by atoms with E-state index in [4.69, 9.17) is 0 Å². The van der Waals surface area contributed by atoms with Gasteiger partial charge in [0.1, 0.15) is 18.1 Å². The van der Waals surface area contributed by atoms with Crippen LogP contribution in [0.15, 0.2) is 54.6 Å². The summed E-state index contributed by atoms with van der Waals surface area (Å²) in [6, 6.07) is 14.7. The predicted octanol–water partition coefficient (Wildman–Crippen LogP) is 1.97. The minimum atomic E-state index is -0.718. The molecule has 2 heterocycles. The van der Waals surface area contributed by atoms with Crippen molar-refractivity contribution in [2.45, 2.75) is 6.67 Å². The van der Waals surface area contributed by atoms with Crippen LogP contribution >= 0.6 is 0 Å². The first kappa shape index (κ1) is 23.0. The number of phenols is 1. The van der Waals surface area contributed by atoms with Gasteiger partial charge in [0.05, 0.1) is 12.2 Å². The number of carbonyl (C=O) groups excluding carboxylic acids is 3. The Morgan fingerprint density at radius 1 is 1.00 bits per heavy atom. The number of hydrogen-bond acceptors (Lipinski definition) is 5. The fourth-order valence-corrected chi connectivity index (χ4v) is 3.80. The van der Waals surface area contributed by atoms with Crippen LogP contribution in [0.4, 0.5) is 4.39 Å². The van der Waals surface area contributed by atoms with Crippen LogP contribution in [-0.4, -0.2) is 75.5 Å². The summed E-state index contributed by atoms with van der Waals surface area (Å²) in [5.41, 5.74) is 1.73. The molecule has 9 nitrogen and oxygen atoms in total. The van der Waals surface area contributed by atoms with Crippen molar-refractivity contribution in [2.24, 2.45) is 0 Å². The summed E-state index contributed by atoms with van der Waals surface area (Å²) in [6.07, 6.45) is 0. The summed E-state index contributed by atoms with van der Waals surface area (Å²) >= 11 is 0. The van der Waals surface area contributed by atoms with Gasteiger partial charge in [0.15, 0.2) is 0 Å². The van der Waals surface area contributed by atoms with Crippen molar-refractivity contribution in [1.82, 2.24) is 25.3 Å². The second-order valence-corrected chi connectivity index (χ2v) is 7.83. The van der Waals surface area contributed by atoms with Gasteiger partial charge in [0.25, 0.3) is 11.8 Å². The Kier molecular flexibility index (Phi) is 6.86. The van der Waals surface area contributed by atoms with E-state index in [1.807, 2.05) is 0 Å². The summed E-state index contributed by atoms with van der Waals surface area (Å²) in [4.78, 5) is 40.9. The van der Waals surface area contributed by atoms with E-state index < -0.39 is 12.6 Å². The van der Waals surface area contributed by atoms with Gasteiger partial charge in [-0.2, -0.15) is 5.10 Å². The highest BCUT2D eigenvalue weighted by Gasteiger charge is 2.26. The van der Waals surface area contributed by atoms with Gasteiger partial charge in [0, 0.05) is 37.3 Å². The zero-order valence-electron chi connectivity index (χ0n) is 18.3. The monoisotopic (exact) mass is 465 g/mol. The molecule has 0 radical (unpaired) electrons. The third-order valence-corrected chi connectivity index (χ3v) is 5.71. The van der Waals surface area contributed by atoms with E-state index in [0.29, 0.717) is 48.6 Å². The van der Waals surface area contributed by atoms with Gasteiger partial charge in [-0.25, -0.2) is 4.39 Å². The van der Waals surface area contributed by atoms with Crippen molar-refractivity contribution in [3.63, 3.8) is 0 Å². The number of amides is 3. The molecule has 3 aromatic rings. The predicted molar refractivity (Wildman–Crippen MR) is 122 cm³/mol. The molecule has 1 aromatic heterocycles. The molecule has 1 fully saturated rings. The van der Waals surface area contributed by atoms with E-state index >= 15 is 0 Å². The molecule has 1 aliphatic rings. The van der Waals surface area contributed by atoms with Gasteiger partial charge in [-0.05, 0) is 29.8 Å². The minimum absolute atomic E-state index is 0.0435. The highest BCUT2D eigenvalue weighted by atomic mass is 19.1. The molecule has 1 saturated heterocycles. The van der Waals surface area contributed by atoms with E-state index in [1.54, 1.807) is 52.3 Å². The molecule has 0 spiro atoms. The number of para-hydroxylation sites is 1. The number of rotatable bonds is 6. The lowest BCUT2D eigenvalue weighted by Gasteiger charge is -2.35. The number of nitrogens with zero attached hydrogens (tertiary/aromatic N) is 3. The van der Waals surface area contributed by atoms with Crippen LogP contribution in [0.5, 0.6) is 5.75 Å². The molecule has 4 rings (SSSR count). The van der Waals surface area contributed by atoms with Crippen molar-refractivity contribution in [2.75, 3.05) is 32.7 Å². The van der Waals surface area contributed by atoms with Gasteiger partial charge in [0.2, 0.25) is 5.91 Å². The Morgan fingerprint density at radius 2 is 1.68 bits per heavy atom. The second kappa shape index (κ2) is 10.2. The van der Waals surface area contributed by atoms with Crippen molar-refractivity contribution in [3.8, 4) is 17.0 Å². The van der Waals surface area contributed by atoms with Crippen LogP contribution in [0, 0.1) is 0 Å². The zero-order chi connectivity index (χ0) is 24.1. The Hall–Kier alpha value is -4.21. The minimum Gasteiger partial charge on any atom is -0.507 e. The third kappa shape index (κ3) is 4.90. The van der Waals surface area contributed by atoms with Gasteiger partial charge in [-0.15, -0.1) is 0 Å². The molecule has 0 aliphatic carbocycles. The number of hydrogen-bond donors (Lipinski definition) is 3. The number of aromatic nitrogens is 2. The zero-order valence-corrected chi connectivity index (χ0v) is 18.3. The number of carbonyl (C=O) groups is 3. The van der Waals surface area contributed by atoms with E-state index in [9.17, 15) is 23.9 Å². The smallest absolute Gasteiger partial charge is 0.269 e. The molecule has 3 N–H and O–H groups in total.